The molecule has 1 N–H and O–H groups in total. The van der Waals surface area contributed by atoms with Crippen LogP contribution in [0.25, 0.3) is 11.4 Å². The molecule has 2 aromatic carbocycles. The number of hydrogen-bond acceptors (Lipinski definition) is 9. The molecule has 0 spiro atoms. The lowest BCUT2D eigenvalue weighted by molar-refractivity contribution is -0.132. The smallest absolute Gasteiger partial charge is 0.308 e. The Balaban J connectivity index is 1.63. The maximum Gasteiger partial charge on any atom is 0.308 e. The number of esters is 1. The molecule has 0 saturated carbocycles. The van der Waals surface area contributed by atoms with Gasteiger partial charge >= 0.3 is 5.97 Å². The van der Waals surface area contributed by atoms with Crippen LogP contribution in [0.4, 0.5) is 0 Å². The summed E-state index contributed by atoms with van der Waals surface area (Å²) in [7, 11) is 2.89. The lowest BCUT2D eigenvalue weighted by atomic mass is 10.2. The SMILES string of the molecule is CCn1c(SCC(=O)N/N=C\c2cc(OC)c(OC(C)=O)c(OC)c2)nnc1-c1ccccc1. The fraction of sp³-hybridized carbons (Fsp3) is 0.261. The highest BCUT2D eigenvalue weighted by Crippen LogP contribution is 2.38. The van der Waals surface area contributed by atoms with Crippen LogP contribution in [0.3, 0.4) is 0 Å². The summed E-state index contributed by atoms with van der Waals surface area (Å²) in [5.74, 6) is 0.829. The van der Waals surface area contributed by atoms with E-state index in [1.807, 2.05) is 41.8 Å². The summed E-state index contributed by atoms with van der Waals surface area (Å²) in [6.07, 6.45) is 1.44. The number of aromatic nitrogens is 3. The molecule has 0 aliphatic heterocycles. The van der Waals surface area contributed by atoms with Gasteiger partial charge in [-0.15, -0.1) is 10.2 Å². The Hall–Kier alpha value is -3.86. The summed E-state index contributed by atoms with van der Waals surface area (Å²) in [6, 6.07) is 13.0. The molecule has 1 heterocycles. The van der Waals surface area contributed by atoms with Crippen LogP contribution in [0.2, 0.25) is 0 Å². The van der Waals surface area contributed by atoms with Gasteiger partial charge < -0.3 is 18.8 Å². The molecule has 0 fully saturated rings. The fourth-order valence-corrected chi connectivity index (χ4v) is 3.84. The summed E-state index contributed by atoms with van der Waals surface area (Å²) in [6.45, 7) is 3.96. The predicted molar refractivity (Wildman–Crippen MR) is 128 cm³/mol. The van der Waals surface area contributed by atoms with Crippen molar-refractivity contribution in [2.24, 2.45) is 5.10 Å². The number of nitrogens with zero attached hydrogens (tertiary/aromatic N) is 4. The number of nitrogens with one attached hydrogen (secondary N) is 1. The lowest BCUT2D eigenvalue weighted by Crippen LogP contribution is -2.20. The number of carbonyl (C=O) groups excluding carboxylic acids is 2. The van der Waals surface area contributed by atoms with Gasteiger partial charge in [0.15, 0.2) is 22.5 Å². The second-order valence-electron chi connectivity index (χ2n) is 6.85. The quantitative estimate of drug-likeness (QED) is 0.154. The molecule has 0 saturated heterocycles. The fourth-order valence-electron chi connectivity index (χ4n) is 3.04. The third kappa shape index (κ3) is 6.13. The molecule has 0 radical (unpaired) electrons. The molecule has 34 heavy (non-hydrogen) atoms. The van der Waals surface area contributed by atoms with Crippen LogP contribution in [0.5, 0.6) is 17.2 Å². The van der Waals surface area contributed by atoms with Gasteiger partial charge in [0.05, 0.1) is 26.2 Å². The lowest BCUT2D eigenvalue weighted by Gasteiger charge is -2.13. The van der Waals surface area contributed by atoms with Crippen LogP contribution in [-0.2, 0) is 16.1 Å². The minimum Gasteiger partial charge on any atom is -0.493 e. The minimum absolute atomic E-state index is 0.113. The highest BCUT2D eigenvalue weighted by molar-refractivity contribution is 7.99. The predicted octanol–water partition coefficient (Wildman–Crippen LogP) is 3.15. The van der Waals surface area contributed by atoms with E-state index in [0.717, 1.165) is 11.4 Å². The molecule has 3 aromatic rings. The van der Waals surface area contributed by atoms with Crippen molar-refractivity contribution in [2.45, 2.75) is 25.5 Å². The largest absolute Gasteiger partial charge is 0.493 e. The Kier molecular flexibility index (Phi) is 8.63. The van der Waals surface area contributed by atoms with Crippen LogP contribution < -0.4 is 19.6 Å². The summed E-state index contributed by atoms with van der Waals surface area (Å²) in [4.78, 5) is 23.6. The van der Waals surface area contributed by atoms with Gasteiger partial charge in [0, 0.05) is 24.6 Å². The van der Waals surface area contributed by atoms with Crippen molar-refractivity contribution in [1.82, 2.24) is 20.2 Å². The molecule has 10 nitrogen and oxygen atoms in total. The molecular formula is C23H25N5O5S. The van der Waals surface area contributed by atoms with Gasteiger partial charge in [-0.2, -0.15) is 5.10 Å². The van der Waals surface area contributed by atoms with E-state index in [-0.39, 0.29) is 17.4 Å². The van der Waals surface area contributed by atoms with E-state index in [9.17, 15) is 9.59 Å². The molecule has 0 aliphatic carbocycles. The summed E-state index contributed by atoms with van der Waals surface area (Å²) in [5, 5.41) is 13.1. The normalized spacial score (nSPS) is 10.8. The van der Waals surface area contributed by atoms with E-state index in [2.05, 4.69) is 20.7 Å². The Morgan fingerprint density at radius 1 is 1.12 bits per heavy atom. The van der Waals surface area contributed by atoms with Crippen molar-refractivity contribution in [1.29, 1.82) is 0 Å². The van der Waals surface area contributed by atoms with Gasteiger partial charge in [0.1, 0.15) is 0 Å². The Labute approximate surface area is 201 Å². The molecule has 0 aliphatic rings. The van der Waals surface area contributed by atoms with Crippen molar-refractivity contribution in [3.05, 3.63) is 48.0 Å². The Bertz CT molecular complexity index is 1150. The van der Waals surface area contributed by atoms with E-state index in [1.54, 1.807) is 12.1 Å². The topological polar surface area (TPSA) is 117 Å². The van der Waals surface area contributed by atoms with Gasteiger partial charge in [0.2, 0.25) is 5.75 Å². The number of thioether (sulfide) groups is 1. The molecule has 1 aromatic heterocycles. The zero-order valence-corrected chi connectivity index (χ0v) is 20.1. The summed E-state index contributed by atoms with van der Waals surface area (Å²) in [5.41, 5.74) is 4.03. The van der Waals surface area contributed by atoms with Crippen LogP contribution in [0.1, 0.15) is 19.4 Å². The standard InChI is InChI=1S/C23H25N5O5S/c1-5-28-22(17-9-7-6-8-10-17)26-27-23(28)34-14-20(30)25-24-13-16-11-18(31-3)21(33-15(2)29)19(12-16)32-4/h6-13H,5,14H2,1-4H3,(H,25,30)/b24-13-. The first kappa shape index (κ1) is 24.8. The van der Waals surface area contributed by atoms with Crippen LogP contribution in [0.15, 0.2) is 52.7 Å². The molecule has 0 bridgehead atoms. The van der Waals surface area contributed by atoms with Gasteiger partial charge in [-0.3, -0.25) is 9.59 Å². The van der Waals surface area contributed by atoms with E-state index in [0.29, 0.717) is 28.8 Å². The van der Waals surface area contributed by atoms with Gasteiger partial charge in [-0.25, -0.2) is 5.43 Å². The molecule has 0 unspecified atom stereocenters. The van der Waals surface area contributed by atoms with Crippen molar-refractivity contribution >= 4 is 29.9 Å². The third-order valence-corrected chi connectivity index (χ3v) is 5.50. The molecule has 1 amide bonds. The molecule has 0 atom stereocenters. The first-order valence-electron chi connectivity index (χ1n) is 10.3. The zero-order valence-electron chi connectivity index (χ0n) is 19.3. The average molecular weight is 484 g/mol. The van der Waals surface area contributed by atoms with E-state index < -0.39 is 5.97 Å². The molecular weight excluding hydrogens is 458 g/mol. The van der Waals surface area contributed by atoms with Crippen molar-refractivity contribution in [3.63, 3.8) is 0 Å². The van der Waals surface area contributed by atoms with Crippen LogP contribution in [-0.4, -0.2) is 52.8 Å². The maximum atomic E-state index is 12.3. The Morgan fingerprint density at radius 3 is 2.38 bits per heavy atom. The summed E-state index contributed by atoms with van der Waals surface area (Å²) >= 11 is 1.28. The van der Waals surface area contributed by atoms with Crippen LogP contribution in [0, 0.1) is 0 Å². The number of hydrazone groups is 1. The van der Waals surface area contributed by atoms with Gasteiger partial charge in [0.25, 0.3) is 5.91 Å². The number of amides is 1. The Morgan fingerprint density at radius 2 is 1.79 bits per heavy atom. The number of rotatable bonds is 10. The zero-order chi connectivity index (χ0) is 24.5. The number of benzene rings is 2. The highest BCUT2D eigenvalue weighted by Gasteiger charge is 2.16. The average Bonchev–Trinajstić information content (AvgIpc) is 3.26. The van der Waals surface area contributed by atoms with Gasteiger partial charge in [-0.05, 0) is 19.1 Å². The van der Waals surface area contributed by atoms with E-state index >= 15 is 0 Å². The monoisotopic (exact) mass is 483 g/mol. The van der Waals surface area contributed by atoms with Gasteiger partial charge in [-0.1, -0.05) is 42.1 Å². The number of ether oxygens (including phenoxy) is 3. The molecule has 3 rings (SSSR count). The third-order valence-electron chi connectivity index (χ3n) is 4.53. The van der Waals surface area contributed by atoms with Crippen LogP contribution >= 0.6 is 11.8 Å². The van der Waals surface area contributed by atoms with Crippen molar-refractivity contribution < 1.29 is 23.8 Å². The molecule has 178 valence electrons. The summed E-state index contributed by atoms with van der Waals surface area (Å²) < 4.78 is 17.7. The van der Waals surface area contributed by atoms with Crippen molar-refractivity contribution in [3.8, 4) is 28.6 Å². The highest BCUT2D eigenvalue weighted by atomic mass is 32.2. The first-order valence-corrected chi connectivity index (χ1v) is 11.3. The number of hydrogen-bond donors (Lipinski definition) is 1. The van der Waals surface area contributed by atoms with E-state index in [1.165, 1.54) is 39.1 Å². The van der Waals surface area contributed by atoms with E-state index in [4.69, 9.17) is 14.2 Å². The maximum absolute atomic E-state index is 12.3. The minimum atomic E-state index is -0.502. The first-order chi connectivity index (χ1) is 16.5. The molecule has 11 heteroatoms. The second kappa shape index (κ2) is 11.8. The van der Waals surface area contributed by atoms with Crippen molar-refractivity contribution in [2.75, 3.05) is 20.0 Å². The number of carbonyl (C=O) groups is 2. The number of methoxy groups -OCH3 is 2. The second-order valence-corrected chi connectivity index (χ2v) is 7.79.